The van der Waals surface area contributed by atoms with Crippen LogP contribution in [-0.4, -0.2) is 27.1 Å². The number of sulfonamides is 1. The van der Waals surface area contributed by atoms with E-state index in [0.717, 1.165) is 27.7 Å². The van der Waals surface area contributed by atoms with Crippen LogP contribution in [0, 0.1) is 3.57 Å². The number of carbonyl (C=O) groups is 1. The van der Waals surface area contributed by atoms with Crippen molar-refractivity contribution in [2.45, 2.75) is 12.8 Å². The summed E-state index contributed by atoms with van der Waals surface area (Å²) < 4.78 is 26.3. The smallest absolute Gasteiger partial charge is 0.255 e. The van der Waals surface area contributed by atoms with E-state index >= 15 is 0 Å². The molecular formula is C17H17IN2O3S. The van der Waals surface area contributed by atoms with Crippen LogP contribution in [0.5, 0.6) is 0 Å². The van der Waals surface area contributed by atoms with Crippen LogP contribution in [-0.2, 0) is 16.4 Å². The van der Waals surface area contributed by atoms with Gasteiger partial charge in [0.25, 0.3) is 5.91 Å². The van der Waals surface area contributed by atoms with Crippen LogP contribution in [0.25, 0.3) is 0 Å². The first-order valence-electron chi connectivity index (χ1n) is 7.52. The van der Waals surface area contributed by atoms with E-state index < -0.39 is 10.0 Å². The molecule has 1 heterocycles. The minimum absolute atomic E-state index is 0.199. The third kappa shape index (κ3) is 3.72. The zero-order valence-electron chi connectivity index (χ0n) is 13.1. The summed E-state index contributed by atoms with van der Waals surface area (Å²) in [7, 11) is -3.29. The first-order chi connectivity index (χ1) is 11.3. The van der Waals surface area contributed by atoms with Crippen LogP contribution in [0.3, 0.4) is 0 Å². The molecule has 1 aliphatic heterocycles. The lowest BCUT2D eigenvalue weighted by atomic mass is 10.0. The lowest BCUT2D eigenvalue weighted by molar-refractivity contribution is 0.102. The van der Waals surface area contributed by atoms with Crippen molar-refractivity contribution in [1.29, 1.82) is 0 Å². The Morgan fingerprint density at radius 1 is 1.17 bits per heavy atom. The predicted octanol–water partition coefficient (Wildman–Crippen LogP) is 3.26. The van der Waals surface area contributed by atoms with Gasteiger partial charge in [0, 0.05) is 21.4 Å². The summed E-state index contributed by atoms with van der Waals surface area (Å²) in [4.78, 5) is 12.4. The third-order valence-corrected chi connectivity index (χ3v) is 5.82. The molecular weight excluding hydrogens is 439 g/mol. The molecule has 0 aromatic heterocycles. The van der Waals surface area contributed by atoms with Gasteiger partial charge in [-0.2, -0.15) is 0 Å². The van der Waals surface area contributed by atoms with Gasteiger partial charge in [-0.15, -0.1) is 0 Å². The number of fused-ring (bicyclic) bond motifs is 1. The fourth-order valence-electron chi connectivity index (χ4n) is 2.78. The number of benzene rings is 2. The van der Waals surface area contributed by atoms with E-state index in [4.69, 9.17) is 0 Å². The molecule has 0 saturated carbocycles. The SMILES string of the molecule is CS(=O)(=O)N1CCCc2cc(C(=O)Nc3ccc(I)cc3)ccc21. The number of nitrogens with zero attached hydrogens (tertiary/aromatic N) is 1. The first kappa shape index (κ1) is 17.2. The highest BCUT2D eigenvalue weighted by atomic mass is 127. The van der Waals surface area contributed by atoms with Crippen molar-refractivity contribution in [1.82, 2.24) is 0 Å². The Morgan fingerprint density at radius 3 is 2.54 bits per heavy atom. The molecule has 0 atom stereocenters. The number of hydrogen-bond donors (Lipinski definition) is 1. The molecule has 24 heavy (non-hydrogen) atoms. The quantitative estimate of drug-likeness (QED) is 0.722. The fraction of sp³-hybridized carbons (Fsp3) is 0.235. The van der Waals surface area contributed by atoms with Gasteiger partial charge in [0.2, 0.25) is 10.0 Å². The lowest BCUT2D eigenvalue weighted by Crippen LogP contribution is -2.34. The Kier molecular flexibility index (Phi) is 4.82. The maximum absolute atomic E-state index is 12.4. The van der Waals surface area contributed by atoms with Crippen molar-refractivity contribution in [2.75, 3.05) is 22.4 Å². The second-order valence-corrected chi connectivity index (χ2v) is 8.90. The molecule has 126 valence electrons. The average Bonchev–Trinajstić information content (AvgIpc) is 2.55. The van der Waals surface area contributed by atoms with Crippen molar-refractivity contribution < 1.29 is 13.2 Å². The van der Waals surface area contributed by atoms with Gasteiger partial charge in [-0.3, -0.25) is 9.10 Å². The van der Waals surface area contributed by atoms with Gasteiger partial charge in [0.1, 0.15) is 0 Å². The second-order valence-electron chi connectivity index (χ2n) is 5.74. The Hall–Kier alpha value is -1.61. The summed E-state index contributed by atoms with van der Waals surface area (Å²) in [6, 6.07) is 12.7. The van der Waals surface area contributed by atoms with E-state index in [2.05, 4.69) is 27.9 Å². The molecule has 0 fully saturated rings. The predicted molar refractivity (Wildman–Crippen MR) is 104 cm³/mol. The molecule has 7 heteroatoms. The molecule has 5 nitrogen and oxygen atoms in total. The Labute approximate surface area is 155 Å². The molecule has 0 bridgehead atoms. The number of amides is 1. The fourth-order valence-corrected chi connectivity index (χ4v) is 4.14. The van der Waals surface area contributed by atoms with Crippen LogP contribution >= 0.6 is 22.6 Å². The van der Waals surface area contributed by atoms with Crippen LogP contribution in [0.15, 0.2) is 42.5 Å². The maximum atomic E-state index is 12.4. The molecule has 1 N–H and O–H groups in total. The molecule has 2 aromatic carbocycles. The van der Waals surface area contributed by atoms with Crippen molar-refractivity contribution in [3.05, 3.63) is 57.2 Å². The minimum Gasteiger partial charge on any atom is -0.322 e. The molecule has 1 aliphatic rings. The summed E-state index contributed by atoms with van der Waals surface area (Å²) in [5.41, 5.74) is 2.83. The summed E-state index contributed by atoms with van der Waals surface area (Å²) in [5.74, 6) is -0.199. The highest BCUT2D eigenvalue weighted by Crippen LogP contribution is 2.30. The van der Waals surface area contributed by atoms with Gasteiger partial charge < -0.3 is 5.32 Å². The van der Waals surface area contributed by atoms with Crippen LogP contribution in [0.1, 0.15) is 22.3 Å². The van der Waals surface area contributed by atoms with Crippen LogP contribution in [0.4, 0.5) is 11.4 Å². The molecule has 0 saturated heterocycles. The van der Waals surface area contributed by atoms with E-state index in [1.165, 1.54) is 10.6 Å². The molecule has 3 rings (SSSR count). The van der Waals surface area contributed by atoms with E-state index in [-0.39, 0.29) is 5.91 Å². The third-order valence-electron chi connectivity index (χ3n) is 3.92. The van der Waals surface area contributed by atoms with E-state index in [1.807, 2.05) is 24.3 Å². The topological polar surface area (TPSA) is 66.5 Å². The van der Waals surface area contributed by atoms with Crippen LogP contribution < -0.4 is 9.62 Å². The molecule has 0 spiro atoms. The van der Waals surface area contributed by atoms with E-state index in [0.29, 0.717) is 17.8 Å². The number of anilines is 2. The standard InChI is InChI=1S/C17H17IN2O3S/c1-24(22,23)20-10-2-3-12-11-13(4-9-16(12)20)17(21)19-15-7-5-14(18)6-8-15/h4-9,11H,2-3,10H2,1H3,(H,19,21). The van der Waals surface area contributed by atoms with Crippen molar-refractivity contribution in [2.24, 2.45) is 0 Å². The molecule has 0 radical (unpaired) electrons. The molecule has 0 unspecified atom stereocenters. The second kappa shape index (κ2) is 6.72. The Bertz CT molecular complexity index is 879. The number of aryl methyl sites for hydroxylation is 1. The summed E-state index contributed by atoms with van der Waals surface area (Å²) >= 11 is 2.21. The maximum Gasteiger partial charge on any atom is 0.255 e. The average molecular weight is 456 g/mol. The summed E-state index contributed by atoms with van der Waals surface area (Å²) in [5, 5.41) is 2.86. The zero-order chi connectivity index (χ0) is 17.3. The number of rotatable bonds is 3. The van der Waals surface area contributed by atoms with Crippen LogP contribution in [0.2, 0.25) is 0 Å². The molecule has 1 amide bonds. The lowest BCUT2D eigenvalue weighted by Gasteiger charge is -2.29. The van der Waals surface area contributed by atoms with E-state index in [9.17, 15) is 13.2 Å². The highest BCUT2D eigenvalue weighted by molar-refractivity contribution is 14.1. The zero-order valence-corrected chi connectivity index (χ0v) is 16.1. The van der Waals surface area contributed by atoms with Crippen molar-refractivity contribution in [3.63, 3.8) is 0 Å². The monoisotopic (exact) mass is 456 g/mol. The van der Waals surface area contributed by atoms with Gasteiger partial charge in [-0.1, -0.05) is 0 Å². The number of hydrogen-bond acceptors (Lipinski definition) is 3. The summed E-state index contributed by atoms with van der Waals surface area (Å²) in [6.07, 6.45) is 2.73. The molecule has 2 aromatic rings. The highest BCUT2D eigenvalue weighted by Gasteiger charge is 2.24. The van der Waals surface area contributed by atoms with Crippen molar-refractivity contribution >= 4 is 49.9 Å². The number of nitrogens with one attached hydrogen (secondary N) is 1. The summed E-state index contributed by atoms with van der Waals surface area (Å²) in [6.45, 7) is 0.486. The largest absolute Gasteiger partial charge is 0.322 e. The van der Waals surface area contributed by atoms with Gasteiger partial charge in [0.15, 0.2) is 0 Å². The van der Waals surface area contributed by atoms with Gasteiger partial charge in [-0.05, 0) is 83.5 Å². The van der Waals surface area contributed by atoms with Gasteiger partial charge in [-0.25, -0.2) is 8.42 Å². The van der Waals surface area contributed by atoms with Gasteiger partial charge >= 0.3 is 0 Å². The first-order valence-corrected chi connectivity index (χ1v) is 10.4. The number of halogens is 1. The van der Waals surface area contributed by atoms with Crippen molar-refractivity contribution in [3.8, 4) is 0 Å². The number of carbonyl (C=O) groups excluding carboxylic acids is 1. The minimum atomic E-state index is -3.29. The van der Waals surface area contributed by atoms with E-state index in [1.54, 1.807) is 18.2 Å². The Balaban J connectivity index is 1.85. The Morgan fingerprint density at radius 2 is 1.88 bits per heavy atom. The van der Waals surface area contributed by atoms with Gasteiger partial charge in [0.05, 0.1) is 11.9 Å². The normalized spacial score (nSPS) is 14.2. The molecule has 0 aliphatic carbocycles.